The summed E-state index contributed by atoms with van der Waals surface area (Å²) in [7, 11) is 0. The fraction of sp³-hybridized carbons (Fsp3) is 0.154. The van der Waals surface area contributed by atoms with Crippen molar-refractivity contribution in [3.63, 3.8) is 0 Å². The van der Waals surface area contributed by atoms with Gasteiger partial charge in [-0.1, -0.05) is 11.2 Å². The molecule has 0 spiro atoms. The van der Waals surface area contributed by atoms with Gasteiger partial charge in [0, 0.05) is 5.69 Å². The third-order valence-corrected chi connectivity index (χ3v) is 2.68. The number of nitrogens with one attached hydrogen (secondary N) is 1. The number of hydrogen-bond donors (Lipinski definition) is 2. The summed E-state index contributed by atoms with van der Waals surface area (Å²) < 4.78 is 4.89. The van der Waals surface area contributed by atoms with Crippen molar-refractivity contribution in [1.82, 2.24) is 5.16 Å². The summed E-state index contributed by atoms with van der Waals surface area (Å²) in [6.45, 7) is 2.08. The van der Waals surface area contributed by atoms with Crippen LogP contribution in [0, 0.1) is 18.3 Å². The zero-order valence-electron chi connectivity index (χ0n) is 10.2. The molecular weight excluding hydrogens is 246 g/mol. The minimum atomic E-state index is -1.08. The van der Waals surface area contributed by atoms with Gasteiger partial charge in [-0.15, -0.1) is 0 Å². The van der Waals surface area contributed by atoms with Crippen LogP contribution in [-0.4, -0.2) is 16.2 Å². The number of hydrogen-bond acceptors (Lipinski definition) is 5. The van der Waals surface area contributed by atoms with Gasteiger partial charge in [0.1, 0.15) is 5.56 Å². The van der Waals surface area contributed by atoms with E-state index in [4.69, 9.17) is 14.9 Å². The number of anilines is 1. The predicted octanol–water partition coefficient (Wildman–Crippen LogP) is 2.16. The molecule has 0 unspecified atom stereocenters. The minimum absolute atomic E-state index is 0.0293. The minimum Gasteiger partial charge on any atom is -0.478 e. The van der Waals surface area contributed by atoms with Gasteiger partial charge in [0.15, 0.2) is 5.76 Å². The van der Waals surface area contributed by atoms with Crippen molar-refractivity contribution in [3.8, 4) is 6.07 Å². The molecule has 0 amide bonds. The summed E-state index contributed by atoms with van der Waals surface area (Å²) in [6.07, 6.45) is 1.16. The van der Waals surface area contributed by atoms with Gasteiger partial charge in [-0.25, -0.2) is 4.79 Å². The fourth-order valence-corrected chi connectivity index (χ4v) is 1.62. The second-order valence-corrected chi connectivity index (χ2v) is 3.96. The maximum atomic E-state index is 10.9. The van der Waals surface area contributed by atoms with Crippen molar-refractivity contribution in [2.45, 2.75) is 13.5 Å². The van der Waals surface area contributed by atoms with Gasteiger partial charge >= 0.3 is 5.97 Å². The van der Waals surface area contributed by atoms with Crippen molar-refractivity contribution in [2.24, 2.45) is 0 Å². The highest BCUT2D eigenvalue weighted by atomic mass is 16.5. The molecular formula is C13H11N3O3. The Balaban J connectivity index is 2.17. The van der Waals surface area contributed by atoms with Gasteiger partial charge in [-0.2, -0.15) is 5.26 Å². The van der Waals surface area contributed by atoms with Crippen molar-refractivity contribution >= 4 is 11.7 Å². The van der Waals surface area contributed by atoms with Crippen LogP contribution < -0.4 is 5.32 Å². The molecule has 0 aliphatic carbocycles. The largest absolute Gasteiger partial charge is 0.478 e. The summed E-state index contributed by atoms with van der Waals surface area (Å²) >= 11 is 0. The van der Waals surface area contributed by atoms with E-state index in [1.54, 1.807) is 12.1 Å². The third-order valence-electron chi connectivity index (χ3n) is 2.68. The number of nitriles is 1. The SMILES string of the molecule is Cc1ccc(C#N)cc1NCc1oncc1C(=O)O. The van der Waals surface area contributed by atoms with Gasteiger partial charge in [0.05, 0.1) is 24.4 Å². The van der Waals surface area contributed by atoms with Gasteiger partial charge in [0.25, 0.3) is 0 Å². The van der Waals surface area contributed by atoms with E-state index in [2.05, 4.69) is 10.5 Å². The molecule has 0 fully saturated rings. The lowest BCUT2D eigenvalue weighted by Gasteiger charge is -2.08. The summed E-state index contributed by atoms with van der Waals surface area (Å²) in [4.78, 5) is 10.9. The summed E-state index contributed by atoms with van der Waals surface area (Å²) in [5.74, 6) is -0.838. The maximum Gasteiger partial charge on any atom is 0.341 e. The van der Waals surface area contributed by atoms with E-state index in [0.717, 1.165) is 17.4 Å². The van der Waals surface area contributed by atoms with Crippen LogP contribution in [0.3, 0.4) is 0 Å². The van der Waals surface area contributed by atoms with Crippen molar-refractivity contribution in [2.75, 3.05) is 5.32 Å². The first-order valence-corrected chi connectivity index (χ1v) is 5.53. The molecule has 19 heavy (non-hydrogen) atoms. The number of rotatable bonds is 4. The smallest absolute Gasteiger partial charge is 0.341 e. The molecule has 96 valence electrons. The average molecular weight is 257 g/mol. The highest BCUT2D eigenvalue weighted by molar-refractivity contribution is 5.88. The lowest BCUT2D eigenvalue weighted by Crippen LogP contribution is -2.05. The van der Waals surface area contributed by atoms with Crippen LogP contribution in [0.25, 0.3) is 0 Å². The standard InChI is InChI=1S/C13H11N3O3/c1-8-2-3-9(5-14)4-11(8)15-7-12-10(13(17)18)6-16-19-12/h2-4,6,15H,7H2,1H3,(H,17,18). The number of carboxylic acids is 1. The first-order chi connectivity index (χ1) is 9.11. The summed E-state index contributed by atoms with van der Waals surface area (Å²) in [6, 6.07) is 7.29. The normalized spacial score (nSPS) is 9.89. The first-order valence-electron chi connectivity index (χ1n) is 5.53. The molecule has 0 bridgehead atoms. The molecule has 1 heterocycles. The van der Waals surface area contributed by atoms with Gasteiger partial charge in [-0.05, 0) is 24.6 Å². The third kappa shape index (κ3) is 2.72. The number of carbonyl (C=O) groups is 1. The molecule has 1 aromatic carbocycles. The Hall–Kier alpha value is -2.81. The van der Waals surface area contributed by atoms with Crippen molar-refractivity contribution < 1.29 is 14.4 Å². The van der Waals surface area contributed by atoms with Gasteiger partial charge < -0.3 is 14.9 Å². The molecule has 0 saturated heterocycles. The van der Waals surface area contributed by atoms with E-state index in [1.165, 1.54) is 0 Å². The fourth-order valence-electron chi connectivity index (χ4n) is 1.62. The Morgan fingerprint density at radius 1 is 1.58 bits per heavy atom. The molecule has 2 aromatic rings. The highest BCUT2D eigenvalue weighted by Crippen LogP contribution is 2.18. The predicted molar refractivity (Wildman–Crippen MR) is 66.7 cm³/mol. The van der Waals surface area contributed by atoms with E-state index < -0.39 is 5.97 Å². The molecule has 0 radical (unpaired) electrons. The molecule has 0 aliphatic heterocycles. The summed E-state index contributed by atoms with van der Waals surface area (Å²) in [5.41, 5.74) is 2.27. The number of carboxylic acid groups (broad SMARTS) is 1. The number of nitrogens with zero attached hydrogens (tertiary/aromatic N) is 2. The quantitative estimate of drug-likeness (QED) is 0.870. The number of aromatic nitrogens is 1. The molecule has 6 nitrogen and oxygen atoms in total. The zero-order chi connectivity index (χ0) is 13.8. The molecule has 6 heteroatoms. The van der Waals surface area contributed by atoms with Crippen LogP contribution in [0.5, 0.6) is 0 Å². The lowest BCUT2D eigenvalue weighted by atomic mass is 10.1. The molecule has 2 N–H and O–H groups in total. The van der Waals surface area contributed by atoms with E-state index >= 15 is 0 Å². The molecule has 2 rings (SSSR count). The van der Waals surface area contributed by atoms with Crippen LogP contribution in [0.2, 0.25) is 0 Å². The maximum absolute atomic E-state index is 10.9. The average Bonchev–Trinajstić information content (AvgIpc) is 2.86. The second kappa shape index (κ2) is 5.23. The van der Waals surface area contributed by atoms with Crippen LogP contribution >= 0.6 is 0 Å². The number of aryl methyl sites for hydroxylation is 1. The topological polar surface area (TPSA) is 99.2 Å². The Kier molecular flexibility index (Phi) is 3.48. The van der Waals surface area contributed by atoms with E-state index in [0.29, 0.717) is 5.56 Å². The number of aromatic carboxylic acids is 1. The van der Waals surface area contributed by atoms with E-state index in [9.17, 15) is 4.79 Å². The van der Waals surface area contributed by atoms with E-state index in [-0.39, 0.29) is 17.9 Å². The molecule has 0 aliphatic rings. The Bertz CT molecular complexity index is 655. The summed E-state index contributed by atoms with van der Waals surface area (Å²) in [5, 5.41) is 24.3. The zero-order valence-corrected chi connectivity index (χ0v) is 10.2. The van der Waals surface area contributed by atoms with Gasteiger partial charge in [0.2, 0.25) is 0 Å². The Labute approximate surface area is 109 Å². The lowest BCUT2D eigenvalue weighted by molar-refractivity contribution is 0.0694. The Morgan fingerprint density at radius 3 is 3.05 bits per heavy atom. The van der Waals surface area contributed by atoms with Crippen molar-refractivity contribution in [1.29, 1.82) is 5.26 Å². The molecule has 1 aromatic heterocycles. The first kappa shape index (κ1) is 12.6. The van der Waals surface area contributed by atoms with E-state index in [1.807, 2.05) is 19.1 Å². The molecule has 0 atom stereocenters. The van der Waals surface area contributed by atoms with Crippen LogP contribution in [0.15, 0.2) is 28.9 Å². The van der Waals surface area contributed by atoms with Crippen molar-refractivity contribution in [3.05, 3.63) is 46.8 Å². The highest BCUT2D eigenvalue weighted by Gasteiger charge is 2.14. The monoisotopic (exact) mass is 257 g/mol. The molecule has 0 saturated carbocycles. The van der Waals surface area contributed by atoms with Crippen LogP contribution in [0.1, 0.15) is 27.2 Å². The van der Waals surface area contributed by atoms with Gasteiger partial charge in [-0.3, -0.25) is 0 Å². The van der Waals surface area contributed by atoms with Crippen LogP contribution in [0.4, 0.5) is 5.69 Å². The van der Waals surface area contributed by atoms with Crippen LogP contribution in [-0.2, 0) is 6.54 Å². The second-order valence-electron chi connectivity index (χ2n) is 3.96. The number of benzene rings is 1. The Morgan fingerprint density at radius 2 is 2.37 bits per heavy atom.